The molecule has 2 aromatic carbocycles. The molecule has 3 rings (SSSR count). The third-order valence-electron chi connectivity index (χ3n) is 6.11. The van der Waals surface area contributed by atoms with E-state index in [-0.39, 0.29) is 30.0 Å². The molecule has 0 saturated carbocycles. The van der Waals surface area contributed by atoms with Crippen LogP contribution in [0.3, 0.4) is 0 Å². The molecule has 1 fully saturated rings. The van der Waals surface area contributed by atoms with E-state index in [2.05, 4.69) is 0 Å². The number of nitrogens with zero attached hydrogens (tertiary/aromatic N) is 1. The summed E-state index contributed by atoms with van der Waals surface area (Å²) in [6.45, 7) is 8.51. The average Bonchev–Trinajstić information content (AvgIpc) is 3.09. The Balaban J connectivity index is 2.19. The van der Waals surface area contributed by atoms with Gasteiger partial charge in [-0.3, -0.25) is 9.59 Å². The number of unbranched alkanes of at least 4 members (excludes halogenated alkanes) is 1. The zero-order chi connectivity index (χ0) is 25.8. The SMILES string of the molecule is CCCCN1C(=O)C(=O)/C(=C(/O)c2ccc(OC)c(C(C)(C)C)c2)C1c1cccc(OCCO)c1. The smallest absolute Gasteiger partial charge is 0.295 e. The fourth-order valence-corrected chi connectivity index (χ4v) is 4.32. The van der Waals surface area contributed by atoms with Gasteiger partial charge in [-0.2, -0.15) is 0 Å². The maximum absolute atomic E-state index is 13.2. The standard InChI is InChI=1S/C28H35NO6/c1-6-7-13-29-24(18-9-8-10-20(16-18)35-15-14-30)23(26(32)27(29)33)25(31)19-11-12-22(34-5)21(17-19)28(2,3)4/h8-12,16-17,24,30-31H,6-7,13-15H2,1-5H3/b25-23+. The molecular weight excluding hydrogens is 446 g/mol. The maximum Gasteiger partial charge on any atom is 0.295 e. The Morgan fingerprint density at radius 3 is 2.49 bits per heavy atom. The second kappa shape index (κ2) is 11.0. The molecule has 7 heteroatoms. The van der Waals surface area contributed by atoms with Crippen molar-refractivity contribution in [3.63, 3.8) is 0 Å². The summed E-state index contributed by atoms with van der Waals surface area (Å²) < 4.78 is 11.1. The van der Waals surface area contributed by atoms with Crippen LogP contribution in [-0.4, -0.2) is 53.7 Å². The van der Waals surface area contributed by atoms with Crippen LogP contribution in [-0.2, 0) is 15.0 Å². The van der Waals surface area contributed by atoms with Gasteiger partial charge in [-0.15, -0.1) is 0 Å². The van der Waals surface area contributed by atoms with Crippen molar-refractivity contribution >= 4 is 17.4 Å². The van der Waals surface area contributed by atoms with Gasteiger partial charge >= 0.3 is 0 Å². The average molecular weight is 482 g/mol. The number of rotatable bonds is 9. The lowest BCUT2D eigenvalue weighted by atomic mass is 9.84. The number of aliphatic hydroxyl groups excluding tert-OH is 2. The number of hydrogen-bond acceptors (Lipinski definition) is 6. The van der Waals surface area contributed by atoms with Crippen molar-refractivity contribution in [2.75, 3.05) is 26.9 Å². The third-order valence-corrected chi connectivity index (χ3v) is 6.11. The molecule has 188 valence electrons. The van der Waals surface area contributed by atoms with Crippen LogP contribution in [0.4, 0.5) is 0 Å². The molecule has 1 aliphatic rings. The molecule has 1 amide bonds. The highest BCUT2D eigenvalue weighted by Crippen LogP contribution is 2.41. The summed E-state index contributed by atoms with van der Waals surface area (Å²) in [6, 6.07) is 11.6. The quantitative estimate of drug-likeness (QED) is 0.309. The first-order chi connectivity index (χ1) is 16.6. The van der Waals surface area contributed by atoms with Crippen LogP contribution < -0.4 is 9.47 Å². The van der Waals surface area contributed by atoms with Crippen molar-refractivity contribution in [3.8, 4) is 11.5 Å². The fourth-order valence-electron chi connectivity index (χ4n) is 4.32. The lowest BCUT2D eigenvalue weighted by molar-refractivity contribution is -0.139. The summed E-state index contributed by atoms with van der Waals surface area (Å²) in [5.74, 6) is -0.364. The summed E-state index contributed by atoms with van der Waals surface area (Å²) in [4.78, 5) is 27.8. The summed E-state index contributed by atoms with van der Waals surface area (Å²) in [7, 11) is 1.59. The molecule has 0 spiro atoms. The lowest BCUT2D eigenvalue weighted by Gasteiger charge is -2.26. The van der Waals surface area contributed by atoms with E-state index in [1.807, 2.05) is 39.8 Å². The van der Waals surface area contributed by atoms with Gasteiger partial charge in [0.25, 0.3) is 11.7 Å². The zero-order valence-corrected chi connectivity index (χ0v) is 21.1. The molecule has 1 heterocycles. The van der Waals surface area contributed by atoms with E-state index < -0.39 is 17.7 Å². The first-order valence-electron chi connectivity index (χ1n) is 11.9. The zero-order valence-electron chi connectivity index (χ0n) is 21.1. The van der Waals surface area contributed by atoms with Crippen molar-refractivity contribution in [2.45, 2.75) is 52.0 Å². The first-order valence-corrected chi connectivity index (χ1v) is 11.9. The number of Topliss-reactive ketones (excluding diaryl/α,β-unsaturated/α-hetero) is 1. The van der Waals surface area contributed by atoms with Crippen molar-refractivity contribution in [3.05, 3.63) is 64.7 Å². The number of ketones is 1. The molecule has 2 aromatic rings. The highest BCUT2D eigenvalue weighted by molar-refractivity contribution is 6.46. The fraction of sp³-hybridized carbons (Fsp3) is 0.429. The molecule has 0 aromatic heterocycles. The summed E-state index contributed by atoms with van der Waals surface area (Å²) in [5.41, 5.74) is 1.76. The second-order valence-electron chi connectivity index (χ2n) is 9.66. The summed E-state index contributed by atoms with van der Waals surface area (Å²) in [5, 5.41) is 20.5. The van der Waals surface area contributed by atoms with Crippen LogP contribution >= 0.6 is 0 Å². The van der Waals surface area contributed by atoms with Crippen molar-refractivity contribution in [1.82, 2.24) is 4.90 Å². The molecule has 1 saturated heterocycles. The van der Waals surface area contributed by atoms with Crippen molar-refractivity contribution < 1.29 is 29.3 Å². The van der Waals surface area contributed by atoms with E-state index in [4.69, 9.17) is 14.6 Å². The van der Waals surface area contributed by atoms with E-state index in [1.54, 1.807) is 37.4 Å². The molecular formula is C28H35NO6. The molecule has 2 N–H and O–H groups in total. The highest BCUT2D eigenvalue weighted by Gasteiger charge is 2.46. The molecule has 1 unspecified atom stereocenters. The first kappa shape index (κ1) is 26.3. The van der Waals surface area contributed by atoms with Gasteiger partial charge < -0.3 is 24.6 Å². The van der Waals surface area contributed by atoms with Crippen LogP contribution in [0.15, 0.2) is 48.0 Å². The Morgan fingerprint density at radius 2 is 1.86 bits per heavy atom. The predicted molar refractivity (Wildman–Crippen MR) is 135 cm³/mol. The second-order valence-corrected chi connectivity index (χ2v) is 9.66. The van der Waals surface area contributed by atoms with Gasteiger partial charge in [-0.05, 0) is 47.7 Å². The van der Waals surface area contributed by atoms with Crippen LogP contribution in [0.2, 0.25) is 0 Å². The van der Waals surface area contributed by atoms with Crippen molar-refractivity contribution in [2.24, 2.45) is 0 Å². The largest absolute Gasteiger partial charge is 0.507 e. The van der Waals surface area contributed by atoms with E-state index in [0.29, 0.717) is 29.2 Å². The Bertz CT molecular complexity index is 1110. The van der Waals surface area contributed by atoms with E-state index in [0.717, 1.165) is 18.4 Å². The number of methoxy groups -OCH3 is 1. The molecule has 1 aliphatic heterocycles. The molecule has 35 heavy (non-hydrogen) atoms. The molecule has 0 aliphatic carbocycles. The van der Waals surface area contributed by atoms with Crippen LogP contribution in [0.1, 0.15) is 63.3 Å². The minimum Gasteiger partial charge on any atom is -0.507 e. The van der Waals surface area contributed by atoms with Gasteiger partial charge in [-0.25, -0.2) is 0 Å². The Kier molecular flexibility index (Phi) is 8.22. The number of carbonyl (C=O) groups is 2. The van der Waals surface area contributed by atoms with Crippen LogP contribution in [0.25, 0.3) is 5.76 Å². The highest BCUT2D eigenvalue weighted by atomic mass is 16.5. The number of aliphatic hydroxyl groups is 2. The molecule has 0 bridgehead atoms. The van der Waals surface area contributed by atoms with Gasteiger partial charge in [0.05, 0.1) is 25.3 Å². The molecule has 7 nitrogen and oxygen atoms in total. The van der Waals surface area contributed by atoms with Gasteiger partial charge in [0.2, 0.25) is 0 Å². The lowest BCUT2D eigenvalue weighted by Crippen LogP contribution is -2.30. The van der Waals surface area contributed by atoms with E-state index in [9.17, 15) is 14.7 Å². The monoisotopic (exact) mass is 481 g/mol. The van der Waals surface area contributed by atoms with E-state index in [1.165, 1.54) is 4.90 Å². The van der Waals surface area contributed by atoms with E-state index >= 15 is 0 Å². The third kappa shape index (κ3) is 5.51. The van der Waals surface area contributed by atoms with Crippen LogP contribution in [0, 0.1) is 0 Å². The summed E-state index contributed by atoms with van der Waals surface area (Å²) in [6.07, 6.45) is 1.57. The van der Waals surface area contributed by atoms with Gasteiger partial charge in [0.1, 0.15) is 23.9 Å². The Morgan fingerprint density at radius 1 is 1.11 bits per heavy atom. The maximum atomic E-state index is 13.2. The Labute approximate surface area is 207 Å². The number of ether oxygens (including phenoxy) is 2. The number of hydrogen-bond donors (Lipinski definition) is 2. The minimum absolute atomic E-state index is 0.0513. The number of likely N-dealkylation sites (tertiary alicyclic amines) is 1. The predicted octanol–water partition coefficient (Wildman–Crippen LogP) is 4.59. The van der Waals surface area contributed by atoms with Gasteiger partial charge in [-0.1, -0.05) is 46.2 Å². The van der Waals surface area contributed by atoms with Crippen LogP contribution in [0.5, 0.6) is 11.5 Å². The summed E-state index contributed by atoms with van der Waals surface area (Å²) >= 11 is 0. The van der Waals surface area contributed by atoms with Gasteiger partial charge in [0.15, 0.2) is 0 Å². The number of benzene rings is 2. The van der Waals surface area contributed by atoms with Crippen molar-refractivity contribution in [1.29, 1.82) is 0 Å². The Hall–Kier alpha value is -3.32. The van der Waals surface area contributed by atoms with Gasteiger partial charge in [0, 0.05) is 17.7 Å². The topological polar surface area (TPSA) is 96.3 Å². The minimum atomic E-state index is -0.751. The molecule has 0 radical (unpaired) electrons. The normalized spacial score (nSPS) is 17.7. The molecule has 1 atom stereocenters. The number of carbonyl (C=O) groups excluding carboxylic acids is 2. The number of amides is 1.